The summed E-state index contributed by atoms with van der Waals surface area (Å²) in [5, 5.41) is 14.7. The minimum atomic E-state index is 0.652. The lowest BCUT2D eigenvalue weighted by atomic mass is 10.1. The number of nitrogens with zero attached hydrogens (tertiary/aromatic N) is 3. The van der Waals surface area contributed by atoms with Crippen LogP contribution in [-0.4, -0.2) is 15.2 Å². The Morgan fingerprint density at radius 2 is 2.16 bits per heavy atom. The Bertz CT molecular complexity index is 725. The van der Waals surface area contributed by atoms with Crippen molar-refractivity contribution in [2.45, 2.75) is 13.5 Å². The van der Waals surface area contributed by atoms with Crippen LogP contribution in [0.1, 0.15) is 10.6 Å². The Hall–Kier alpha value is -1.72. The Morgan fingerprint density at radius 1 is 1.26 bits per heavy atom. The van der Waals surface area contributed by atoms with Gasteiger partial charge >= 0.3 is 0 Å². The molecule has 0 radical (unpaired) electrons. The molecule has 0 aliphatic rings. The highest BCUT2D eigenvalue weighted by molar-refractivity contribution is 7.15. The van der Waals surface area contributed by atoms with Gasteiger partial charge in [-0.15, -0.1) is 10.2 Å². The molecule has 19 heavy (non-hydrogen) atoms. The van der Waals surface area contributed by atoms with Gasteiger partial charge in [-0.2, -0.15) is 0 Å². The van der Waals surface area contributed by atoms with E-state index in [4.69, 9.17) is 11.6 Å². The standard InChI is InChI=1S/C13H11ClN4S/c1-8-17-18-13(19-8)16-7-9-4-5-11(14)10-3-2-6-15-12(9)10/h2-6H,7H2,1H3,(H,16,18). The van der Waals surface area contributed by atoms with Crippen LogP contribution >= 0.6 is 22.9 Å². The lowest BCUT2D eigenvalue weighted by Gasteiger charge is -2.07. The number of benzene rings is 1. The molecule has 96 valence electrons. The first-order valence-electron chi connectivity index (χ1n) is 5.80. The predicted molar refractivity (Wildman–Crippen MR) is 78.7 cm³/mol. The number of halogens is 1. The maximum absolute atomic E-state index is 6.17. The molecule has 0 aliphatic carbocycles. The average molecular weight is 291 g/mol. The molecule has 2 heterocycles. The maximum atomic E-state index is 6.17. The van der Waals surface area contributed by atoms with Crippen LogP contribution in [0.3, 0.4) is 0 Å². The number of rotatable bonds is 3. The number of nitrogens with one attached hydrogen (secondary N) is 1. The van der Waals surface area contributed by atoms with Crippen LogP contribution in [0.5, 0.6) is 0 Å². The van der Waals surface area contributed by atoms with Crippen molar-refractivity contribution < 1.29 is 0 Å². The van der Waals surface area contributed by atoms with Gasteiger partial charge in [-0.1, -0.05) is 29.0 Å². The summed E-state index contributed by atoms with van der Waals surface area (Å²) in [6.07, 6.45) is 1.78. The van der Waals surface area contributed by atoms with E-state index in [0.29, 0.717) is 6.54 Å². The SMILES string of the molecule is Cc1nnc(NCc2ccc(Cl)c3cccnc23)s1. The molecular weight excluding hydrogens is 280 g/mol. The van der Waals surface area contributed by atoms with E-state index in [1.807, 2.05) is 31.2 Å². The number of anilines is 1. The summed E-state index contributed by atoms with van der Waals surface area (Å²) < 4.78 is 0. The molecule has 0 saturated carbocycles. The van der Waals surface area contributed by atoms with Gasteiger partial charge < -0.3 is 5.32 Å². The minimum Gasteiger partial charge on any atom is -0.356 e. The Morgan fingerprint density at radius 3 is 2.95 bits per heavy atom. The van der Waals surface area contributed by atoms with Gasteiger partial charge in [0, 0.05) is 23.2 Å². The van der Waals surface area contributed by atoms with Crippen LogP contribution in [0.4, 0.5) is 5.13 Å². The lowest BCUT2D eigenvalue weighted by molar-refractivity contribution is 1.03. The van der Waals surface area contributed by atoms with Crippen LogP contribution in [0.2, 0.25) is 5.02 Å². The van der Waals surface area contributed by atoms with Crippen molar-refractivity contribution in [2.24, 2.45) is 0 Å². The molecule has 3 aromatic rings. The second-order valence-corrected chi connectivity index (χ2v) is 5.67. The van der Waals surface area contributed by atoms with Crippen molar-refractivity contribution in [3.05, 3.63) is 46.1 Å². The van der Waals surface area contributed by atoms with E-state index in [1.54, 1.807) is 6.20 Å². The third-order valence-corrected chi connectivity index (χ3v) is 3.88. The second-order valence-electron chi connectivity index (χ2n) is 4.09. The summed E-state index contributed by atoms with van der Waals surface area (Å²) in [7, 11) is 0. The van der Waals surface area contributed by atoms with Gasteiger partial charge in [0.05, 0.1) is 5.52 Å². The zero-order valence-electron chi connectivity index (χ0n) is 10.2. The van der Waals surface area contributed by atoms with Crippen molar-refractivity contribution in [2.75, 3.05) is 5.32 Å². The highest BCUT2D eigenvalue weighted by Gasteiger charge is 2.06. The lowest BCUT2D eigenvalue weighted by Crippen LogP contribution is -2.00. The van der Waals surface area contributed by atoms with Crippen LogP contribution in [0, 0.1) is 6.92 Å². The van der Waals surface area contributed by atoms with E-state index in [2.05, 4.69) is 20.5 Å². The van der Waals surface area contributed by atoms with E-state index in [1.165, 1.54) is 11.3 Å². The van der Waals surface area contributed by atoms with E-state index < -0.39 is 0 Å². The third-order valence-electron chi connectivity index (χ3n) is 2.76. The summed E-state index contributed by atoms with van der Waals surface area (Å²) in [5.74, 6) is 0. The summed E-state index contributed by atoms with van der Waals surface area (Å²) >= 11 is 7.70. The molecule has 0 saturated heterocycles. The Labute approximate surface area is 119 Å². The number of hydrogen-bond donors (Lipinski definition) is 1. The van der Waals surface area contributed by atoms with Gasteiger partial charge in [-0.25, -0.2) is 0 Å². The Balaban J connectivity index is 1.91. The van der Waals surface area contributed by atoms with Crippen LogP contribution in [0.25, 0.3) is 10.9 Å². The molecule has 1 N–H and O–H groups in total. The molecule has 0 amide bonds. The van der Waals surface area contributed by atoms with Gasteiger partial charge in [-0.05, 0) is 30.7 Å². The average Bonchev–Trinajstić information content (AvgIpc) is 2.84. The molecular formula is C13H11ClN4S. The number of aryl methyl sites for hydroxylation is 1. The third kappa shape index (κ3) is 2.52. The summed E-state index contributed by atoms with van der Waals surface area (Å²) in [6, 6.07) is 7.75. The molecule has 6 heteroatoms. The molecule has 2 aromatic heterocycles. The van der Waals surface area contributed by atoms with E-state index in [0.717, 1.165) is 31.6 Å². The van der Waals surface area contributed by atoms with Crippen LogP contribution in [0.15, 0.2) is 30.5 Å². The topological polar surface area (TPSA) is 50.7 Å². The van der Waals surface area contributed by atoms with Crippen molar-refractivity contribution in [3.63, 3.8) is 0 Å². The smallest absolute Gasteiger partial charge is 0.205 e. The number of fused-ring (bicyclic) bond motifs is 1. The van der Waals surface area contributed by atoms with E-state index in [9.17, 15) is 0 Å². The van der Waals surface area contributed by atoms with E-state index >= 15 is 0 Å². The first-order chi connectivity index (χ1) is 9.24. The molecule has 0 atom stereocenters. The highest BCUT2D eigenvalue weighted by atomic mass is 35.5. The zero-order chi connectivity index (χ0) is 13.2. The van der Waals surface area contributed by atoms with Crippen molar-refractivity contribution in [1.82, 2.24) is 15.2 Å². The molecule has 3 rings (SSSR count). The van der Waals surface area contributed by atoms with Crippen molar-refractivity contribution >= 4 is 39.0 Å². The molecule has 0 fully saturated rings. The first kappa shape index (κ1) is 12.3. The molecule has 0 spiro atoms. The number of hydrogen-bond acceptors (Lipinski definition) is 5. The van der Waals surface area contributed by atoms with Gasteiger partial charge in [-0.3, -0.25) is 4.98 Å². The fourth-order valence-corrected chi connectivity index (χ4v) is 2.68. The molecule has 1 aromatic carbocycles. The highest BCUT2D eigenvalue weighted by Crippen LogP contribution is 2.25. The number of aromatic nitrogens is 3. The van der Waals surface area contributed by atoms with Crippen molar-refractivity contribution in [3.8, 4) is 0 Å². The van der Waals surface area contributed by atoms with Gasteiger partial charge in [0.2, 0.25) is 5.13 Å². The maximum Gasteiger partial charge on any atom is 0.205 e. The molecule has 0 bridgehead atoms. The summed E-state index contributed by atoms with van der Waals surface area (Å²) in [4.78, 5) is 4.40. The monoisotopic (exact) mass is 290 g/mol. The molecule has 4 nitrogen and oxygen atoms in total. The quantitative estimate of drug-likeness (QED) is 0.800. The van der Waals surface area contributed by atoms with Crippen LogP contribution in [-0.2, 0) is 6.54 Å². The predicted octanol–water partition coefficient (Wildman–Crippen LogP) is 3.66. The van der Waals surface area contributed by atoms with Crippen molar-refractivity contribution in [1.29, 1.82) is 0 Å². The fourth-order valence-electron chi connectivity index (χ4n) is 1.88. The fraction of sp³-hybridized carbons (Fsp3) is 0.154. The minimum absolute atomic E-state index is 0.652. The Kier molecular flexibility index (Phi) is 3.31. The summed E-state index contributed by atoms with van der Waals surface area (Å²) in [6.45, 7) is 2.58. The first-order valence-corrected chi connectivity index (χ1v) is 6.99. The van der Waals surface area contributed by atoms with Gasteiger partial charge in [0.1, 0.15) is 5.01 Å². The second kappa shape index (κ2) is 5.11. The normalized spacial score (nSPS) is 10.8. The van der Waals surface area contributed by atoms with E-state index in [-0.39, 0.29) is 0 Å². The molecule has 0 unspecified atom stereocenters. The van der Waals surface area contributed by atoms with Gasteiger partial charge in [0.15, 0.2) is 0 Å². The molecule has 0 aliphatic heterocycles. The summed E-state index contributed by atoms with van der Waals surface area (Å²) in [5.41, 5.74) is 2.01. The zero-order valence-corrected chi connectivity index (χ0v) is 11.8. The van der Waals surface area contributed by atoms with Gasteiger partial charge in [0.25, 0.3) is 0 Å². The van der Waals surface area contributed by atoms with Crippen LogP contribution < -0.4 is 5.32 Å². The largest absolute Gasteiger partial charge is 0.356 e. The number of pyridine rings is 1.